The number of nitrogens with one attached hydrogen (secondary N) is 1. The van der Waals surface area contributed by atoms with Crippen LogP contribution in [-0.4, -0.2) is 22.7 Å². The summed E-state index contributed by atoms with van der Waals surface area (Å²) in [5.41, 5.74) is 4.96. The van der Waals surface area contributed by atoms with Crippen molar-refractivity contribution in [1.29, 1.82) is 0 Å². The molecule has 2 aromatic rings. The van der Waals surface area contributed by atoms with E-state index in [1.807, 2.05) is 5.32 Å². The van der Waals surface area contributed by atoms with Crippen LogP contribution in [0.2, 0.25) is 0 Å². The molecule has 0 saturated carbocycles. The first-order valence-electron chi connectivity index (χ1n) is 6.66. The van der Waals surface area contributed by atoms with Gasteiger partial charge in [-0.3, -0.25) is 24.3 Å². The number of amides is 2. The number of pyridine rings is 1. The number of rotatable bonds is 2. The number of hydrogen-bond donors (Lipinski definition) is 2. The summed E-state index contributed by atoms with van der Waals surface area (Å²) >= 11 is 4.78. The van der Waals surface area contributed by atoms with Crippen molar-refractivity contribution in [3.05, 3.63) is 47.7 Å². The zero-order chi connectivity index (χ0) is 19.4. The fourth-order valence-corrected chi connectivity index (χ4v) is 4.28. The van der Waals surface area contributed by atoms with Crippen LogP contribution in [0.1, 0.15) is 20.7 Å². The average molecular weight is 544 g/mol. The lowest BCUT2D eigenvalue weighted by Gasteiger charge is -2.17. The Kier molecular flexibility index (Phi) is 4.50. The summed E-state index contributed by atoms with van der Waals surface area (Å²) in [4.78, 5) is 36.0. The molecular formula is C14H6BrF3IN3O4. The Bertz CT molecular complexity index is 1010. The first-order valence-corrected chi connectivity index (χ1v) is 8.53. The van der Waals surface area contributed by atoms with Crippen molar-refractivity contribution in [2.75, 3.05) is 5.73 Å². The largest absolute Gasteiger partial charge is 0.573 e. The van der Waals surface area contributed by atoms with Crippen LogP contribution in [0.15, 0.2) is 27.5 Å². The maximum absolute atomic E-state index is 12.4. The lowest BCUT2D eigenvalue weighted by molar-refractivity contribution is -0.274. The van der Waals surface area contributed by atoms with Gasteiger partial charge in [-0.15, -0.1) is 13.2 Å². The van der Waals surface area contributed by atoms with Gasteiger partial charge in [-0.25, -0.2) is 0 Å². The van der Waals surface area contributed by atoms with E-state index in [9.17, 15) is 27.6 Å². The molecule has 3 rings (SSSR count). The van der Waals surface area contributed by atoms with Gasteiger partial charge in [0.25, 0.3) is 17.4 Å². The Morgan fingerprint density at radius 2 is 1.81 bits per heavy atom. The second kappa shape index (κ2) is 6.26. The molecule has 12 heteroatoms. The third kappa shape index (κ3) is 3.18. The SMILES string of the molecule is Nc1c2c(cc(=O)n1-c1c(Br)cc(OC(F)(F)F)cc1I)C(=O)NC2=O. The monoisotopic (exact) mass is 543 g/mol. The van der Waals surface area contributed by atoms with Crippen LogP contribution in [-0.2, 0) is 0 Å². The van der Waals surface area contributed by atoms with Gasteiger partial charge >= 0.3 is 6.36 Å². The minimum Gasteiger partial charge on any atom is -0.406 e. The molecule has 0 radical (unpaired) electrons. The van der Waals surface area contributed by atoms with E-state index >= 15 is 0 Å². The molecule has 0 spiro atoms. The summed E-state index contributed by atoms with van der Waals surface area (Å²) < 4.78 is 42.2. The first kappa shape index (κ1) is 18.7. The van der Waals surface area contributed by atoms with E-state index in [4.69, 9.17) is 5.73 Å². The molecule has 26 heavy (non-hydrogen) atoms. The predicted octanol–water partition coefficient (Wildman–Crippen LogP) is 2.57. The number of alkyl halides is 3. The van der Waals surface area contributed by atoms with E-state index in [1.165, 1.54) is 0 Å². The lowest BCUT2D eigenvalue weighted by Crippen LogP contribution is -2.25. The van der Waals surface area contributed by atoms with Crippen molar-refractivity contribution < 1.29 is 27.5 Å². The Morgan fingerprint density at radius 1 is 1.15 bits per heavy atom. The van der Waals surface area contributed by atoms with Gasteiger partial charge in [-0.2, -0.15) is 0 Å². The standard InChI is InChI=1S/C14H6BrF3IN3O4/c15-6-1-4(26-14(16,17)18)2-7(19)10(6)22-8(23)3-5-9(11(22)20)13(25)21-12(5)24/h1-3H,20H2,(H,21,24,25). The number of benzene rings is 1. The van der Waals surface area contributed by atoms with Gasteiger partial charge in [0.15, 0.2) is 0 Å². The van der Waals surface area contributed by atoms with Crippen LogP contribution in [0.3, 0.4) is 0 Å². The van der Waals surface area contributed by atoms with Crippen LogP contribution >= 0.6 is 38.5 Å². The van der Waals surface area contributed by atoms with Gasteiger partial charge in [0.2, 0.25) is 0 Å². The smallest absolute Gasteiger partial charge is 0.406 e. The van der Waals surface area contributed by atoms with Gasteiger partial charge in [-0.1, -0.05) is 0 Å². The highest BCUT2D eigenvalue weighted by atomic mass is 127. The summed E-state index contributed by atoms with van der Waals surface area (Å²) in [5.74, 6) is -2.32. The third-order valence-electron chi connectivity index (χ3n) is 3.40. The number of ether oxygens (including phenoxy) is 1. The van der Waals surface area contributed by atoms with E-state index < -0.39 is 29.5 Å². The van der Waals surface area contributed by atoms with Crippen LogP contribution in [0.25, 0.3) is 5.69 Å². The van der Waals surface area contributed by atoms with Crippen LogP contribution in [0.4, 0.5) is 19.0 Å². The number of anilines is 1. The van der Waals surface area contributed by atoms with Gasteiger partial charge in [0, 0.05) is 14.1 Å². The summed E-state index contributed by atoms with van der Waals surface area (Å²) in [6.07, 6.45) is -4.88. The molecule has 1 aliphatic rings. The summed E-state index contributed by atoms with van der Waals surface area (Å²) in [6, 6.07) is 3.00. The molecule has 2 heterocycles. The second-order valence-electron chi connectivity index (χ2n) is 5.06. The number of carbonyl (C=O) groups is 2. The van der Waals surface area contributed by atoms with Crippen LogP contribution in [0, 0.1) is 3.57 Å². The minimum absolute atomic E-state index is 0.0714. The Hall–Kier alpha value is -2.09. The second-order valence-corrected chi connectivity index (χ2v) is 7.08. The summed E-state index contributed by atoms with van der Waals surface area (Å²) in [7, 11) is 0. The van der Waals surface area contributed by atoms with E-state index in [0.29, 0.717) is 0 Å². The molecule has 1 aromatic heterocycles. The Morgan fingerprint density at radius 3 is 2.38 bits per heavy atom. The summed E-state index contributed by atoms with van der Waals surface area (Å²) in [6.45, 7) is 0. The number of nitrogens with zero attached hydrogens (tertiary/aromatic N) is 1. The van der Waals surface area contributed by atoms with E-state index in [-0.39, 0.29) is 30.7 Å². The number of nitrogens with two attached hydrogens (primary N) is 1. The maximum Gasteiger partial charge on any atom is 0.573 e. The molecule has 0 saturated heterocycles. The Labute approximate surface area is 164 Å². The van der Waals surface area contributed by atoms with Crippen LogP contribution < -0.4 is 21.3 Å². The molecule has 0 atom stereocenters. The van der Waals surface area contributed by atoms with E-state index in [0.717, 1.165) is 22.8 Å². The highest BCUT2D eigenvalue weighted by Gasteiger charge is 2.34. The molecule has 136 valence electrons. The van der Waals surface area contributed by atoms with Crippen molar-refractivity contribution >= 4 is 56.2 Å². The zero-order valence-electron chi connectivity index (χ0n) is 12.3. The van der Waals surface area contributed by atoms with Gasteiger partial charge in [-0.05, 0) is 50.7 Å². The molecule has 1 aromatic carbocycles. The quantitative estimate of drug-likeness (QED) is 0.448. The highest BCUT2D eigenvalue weighted by Crippen LogP contribution is 2.35. The van der Waals surface area contributed by atoms with E-state index in [2.05, 4.69) is 20.7 Å². The molecule has 0 unspecified atom stereocenters. The predicted molar refractivity (Wildman–Crippen MR) is 95.3 cm³/mol. The molecular weight excluding hydrogens is 538 g/mol. The molecule has 7 nitrogen and oxygen atoms in total. The highest BCUT2D eigenvalue weighted by molar-refractivity contribution is 14.1. The molecule has 0 aliphatic carbocycles. The Balaban J connectivity index is 2.23. The molecule has 2 amide bonds. The normalized spacial score (nSPS) is 13.6. The fourth-order valence-electron chi connectivity index (χ4n) is 2.46. The van der Waals surface area contributed by atoms with Crippen LogP contribution in [0.5, 0.6) is 5.75 Å². The van der Waals surface area contributed by atoms with Crippen molar-refractivity contribution in [2.45, 2.75) is 6.36 Å². The summed E-state index contributed by atoms with van der Waals surface area (Å²) in [5, 5.41) is 2.02. The first-order chi connectivity index (χ1) is 12.0. The fraction of sp³-hybridized carbons (Fsp3) is 0.0714. The number of nitrogen functional groups attached to an aromatic ring is 1. The number of fused-ring (bicyclic) bond motifs is 1. The van der Waals surface area contributed by atoms with Gasteiger partial charge in [0.1, 0.15) is 11.6 Å². The number of aromatic nitrogens is 1. The topological polar surface area (TPSA) is 103 Å². The van der Waals surface area contributed by atoms with Crippen molar-refractivity contribution in [2.24, 2.45) is 0 Å². The van der Waals surface area contributed by atoms with Gasteiger partial charge < -0.3 is 10.5 Å². The van der Waals surface area contributed by atoms with E-state index in [1.54, 1.807) is 22.6 Å². The average Bonchev–Trinajstić information content (AvgIpc) is 2.74. The molecule has 0 bridgehead atoms. The molecule has 1 aliphatic heterocycles. The number of carbonyl (C=O) groups excluding carboxylic acids is 2. The lowest BCUT2D eigenvalue weighted by atomic mass is 10.1. The maximum atomic E-state index is 12.4. The van der Waals surface area contributed by atoms with Crippen molar-refractivity contribution in [3.63, 3.8) is 0 Å². The zero-order valence-corrected chi connectivity index (χ0v) is 16.0. The molecule has 3 N–H and O–H groups in total. The molecule has 0 fully saturated rings. The number of halogens is 5. The number of hydrogen-bond acceptors (Lipinski definition) is 5. The minimum atomic E-state index is -4.88. The van der Waals surface area contributed by atoms with Crippen molar-refractivity contribution in [3.8, 4) is 11.4 Å². The van der Waals surface area contributed by atoms with Crippen molar-refractivity contribution in [1.82, 2.24) is 9.88 Å². The van der Waals surface area contributed by atoms with Gasteiger partial charge in [0.05, 0.1) is 16.8 Å². The third-order valence-corrected chi connectivity index (χ3v) is 4.83. The number of imide groups is 1.